The predicted octanol–water partition coefficient (Wildman–Crippen LogP) is 2.91. The van der Waals surface area contributed by atoms with Gasteiger partial charge in [-0.2, -0.15) is 0 Å². The van der Waals surface area contributed by atoms with Crippen molar-refractivity contribution in [1.82, 2.24) is 19.9 Å². The zero-order chi connectivity index (χ0) is 19.2. The zero-order valence-electron chi connectivity index (χ0n) is 15.3. The summed E-state index contributed by atoms with van der Waals surface area (Å²) in [5.41, 5.74) is 3.81. The molecule has 140 valence electrons. The SMILES string of the molecule is CCc1cccc(CC)c1NC(=O)CSc1nnc(-c2ccccn2)n1N. The highest BCUT2D eigenvalue weighted by atomic mass is 32.2. The second-order valence-corrected chi connectivity index (χ2v) is 6.83. The average Bonchev–Trinajstić information content (AvgIpc) is 3.07. The average molecular weight is 382 g/mol. The van der Waals surface area contributed by atoms with Crippen molar-refractivity contribution in [2.24, 2.45) is 0 Å². The number of amides is 1. The largest absolute Gasteiger partial charge is 0.335 e. The first-order valence-corrected chi connectivity index (χ1v) is 9.77. The number of aryl methyl sites for hydroxylation is 2. The molecule has 0 bridgehead atoms. The Hall–Kier alpha value is -2.87. The Morgan fingerprint density at radius 3 is 2.48 bits per heavy atom. The van der Waals surface area contributed by atoms with E-state index in [9.17, 15) is 4.79 Å². The monoisotopic (exact) mass is 382 g/mol. The number of nitrogens with two attached hydrogens (primary N) is 1. The number of nitrogen functional groups attached to an aromatic ring is 1. The second kappa shape index (κ2) is 8.68. The quantitative estimate of drug-likeness (QED) is 0.481. The van der Waals surface area contributed by atoms with Gasteiger partial charge in [0, 0.05) is 11.9 Å². The molecule has 0 aliphatic heterocycles. The maximum Gasteiger partial charge on any atom is 0.234 e. The summed E-state index contributed by atoms with van der Waals surface area (Å²) in [7, 11) is 0. The summed E-state index contributed by atoms with van der Waals surface area (Å²) >= 11 is 1.24. The van der Waals surface area contributed by atoms with E-state index in [0.717, 1.165) is 29.7 Å². The molecule has 2 aromatic heterocycles. The van der Waals surface area contributed by atoms with E-state index in [1.54, 1.807) is 6.20 Å². The van der Waals surface area contributed by atoms with Crippen LogP contribution in [-0.4, -0.2) is 31.5 Å². The van der Waals surface area contributed by atoms with Gasteiger partial charge in [0.2, 0.25) is 16.9 Å². The lowest BCUT2D eigenvalue weighted by atomic mass is 10.0. The molecule has 0 aliphatic carbocycles. The summed E-state index contributed by atoms with van der Waals surface area (Å²) in [6.45, 7) is 4.16. The van der Waals surface area contributed by atoms with Crippen molar-refractivity contribution in [1.29, 1.82) is 0 Å². The molecule has 3 N–H and O–H groups in total. The van der Waals surface area contributed by atoms with Crippen LogP contribution in [0.2, 0.25) is 0 Å². The van der Waals surface area contributed by atoms with E-state index >= 15 is 0 Å². The van der Waals surface area contributed by atoms with E-state index in [1.165, 1.54) is 16.4 Å². The first-order valence-electron chi connectivity index (χ1n) is 8.79. The molecule has 0 saturated heterocycles. The van der Waals surface area contributed by atoms with Crippen LogP contribution in [0.5, 0.6) is 0 Å². The van der Waals surface area contributed by atoms with Gasteiger partial charge in [-0.25, -0.2) is 4.68 Å². The minimum absolute atomic E-state index is 0.0991. The fourth-order valence-corrected chi connectivity index (χ4v) is 3.41. The van der Waals surface area contributed by atoms with Gasteiger partial charge in [-0.3, -0.25) is 9.78 Å². The fourth-order valence-electron chi connectivity index (χ4n) is 2.75. The molecule has 0 saturated carbocycles. The van der Waals surface area contributed by atoms with Crippen molar-refractivity contribution in [2.75, 3.05) is 16.9 Å². The van der Waals surface area contributed by atoms with Crippen molar-refractivity contribution in [3.05, 3.63) is 53.7 Å². The van der Waals surface area contributed by atoms with E-state index in [0.29, 0.717) is 16.7 Å². The zero-order valence-corrected chi connectivity index (χ0v) is 16.2. The highest BCUT2D eigenvalue weighted by Gasteiger charge is 2.15. The topological polar surface area (TPSA) is 98.7 Å². The van der Waals surface area contributed by atoms with Crippen molar-refractivity contribution in [3.8, 4) is 11.5 Å². The van der Waals surface area contributed by atoms with E-state index < -0.39 is 0 Å². The molecule has 0 spiro atoms. The maximum atomic E-state index is 12.5. The van der Waals surface area contributed by atoms with E-state index in [2.05, 4.69) is 34.3 Å². The molecule has 0 fully saturated rings. The molecule has 7 nitrogen and oxygen atoms in total. The fraction of sp³-hybridized carbons (Fsp3) is 0.263. The van der Waals surface area contributed by atoms with Crippen LogP contribution >= 0.6 is 11.8 Å². The normalized spacial score (nSPS) is 10.7. The van der Waals surface area contributed by atoms with Gasteiger partial charge >= 0.3 is 0 Å². The molecule has 3 rings (SSSR count). The minimum Gasteiger partial charge on any atom is -0.335 e. The summed E-state index contributed by atoms with van der Waals surface area (Å²) < 4.78 is 1.36. The summed E-state index contributed by atoms with van der Waals surface area (Å²) in [4.78, 5) is 16.7. The number of carbonyl (C=O) groups is 1. The summed E-state index contributed by atoms with van der Waals surface area (Å²) in [5, 5.41) is 11.6. The number of para-hydroxylation sites is 1. The maximum absolute atomic E-state index is 12.5. The Morgan fingerprint density at radius 2 is 1.85 bits per heavy atom. The number of hydrogen-bond acceptors (Lipinski definition) is 6. The number of aromatic nitrogens is 4. The molecule has 0 radical (unpaired) electrons. The van der Waals surface area contributed by atoms with E-state index in [4.69, 9.17) is 5.84 Å². The third-order valence-electron chi connectivity index (χ3n) is 4.15. The Balaban J connectivity index is 1.68. The molecule has 1 amide bonds. The predicted molar refractivity (Wildman–Crippen MR) is 108 cm³/mol. The molecule has 2 heterocycles. The number of thioether (sulfide) groups is 1. The molecule has 1 aromatic carbocycles. The third-order valence-corrected chi connectivity index (χ3v) is 5.10. The van der Waals surface area contributed by atoms with Crippen LogP contribution in [0.1, 0.15) is 25.0 Å². The number of anilines is 1. The van der Waals surface area contributed by atoms with Gasteiger partial charge < -0.3 is 11.2 Å². The summed E-state index contributed by atoms with van der Waals surface area (Å²) in [5.74, 6) is 6.62. The van der Waals surface area contributed by atoms with Crippen molar-refractivity contribution < 1.29 is 4.79 Å². The van der Waals surface area contributed by atoms with E-state index in [-0.39, 0.29) is 11.7 Å². The van der Waals surface area contributed by atoms with Crippen LogP contribution in [0, 0.1) is 0 Å². The number of nitrogens with one attached hydrogen (secondary N) is 1. The van der Waals surface area contributed by atoms with Crippen LogP contribution in [0.25, 0.3) is 11.5 Å². The Bertz CT molecular complexity index is 903. The first-order chi connectivity index (χ1) is 13.1. The molecule has 8 heteroatoms. The molecular weight excluding hydrogens is 360 g/mol. The number of pyridine rings is 1. The lowest BCUT2D eigenvalue weighted by Crippen LogP contribution is -2.18. The number of rotatable bonds is 7. The van der Waals surface area contributed by atoms with Gasteiger partial charge in [0.1, 0.15) is 5.69 Å². The number of carbonyl (C=O) groups excluding carboxylic acids is 1. The van der Waals surface area contributed by atoms with Crippen LogP contribution < -0.4 is 11.2 Å². The van der Waals surface area contributed by atoms with Crippen LogP contribution in [0.3, 0.4) is 0 Å². The summed E-state index contributed by atoms with van der Waals surface area (Å²) in [6, 6.07) is 11.6. The Labute approximate surface area is 162 Å². The lowest BCUT2D eigenvalue weighted by molar-refractivity contribution is -0.113. The molecule has 0 atom stereocenters. The van der Waals surface area contributed by atoms with Crippen LogP contribution in [0.15, 0.2) is 47.8 Å². The van der Waals surface area contributed by atoms with Crippen molar-refractivity contribution >= 4 is 23.4 Å². The minimum atomic E-state index is -0.0991. The molecule has 3 aromatic rings. The Kier molecular flexibility index (Phi) is 6.08. The Morgan fingerprint density at radius 1 is 1.11 bits per heavy atom. The highest BCUT2D eigenvalue weighted by Crippen LogP contribution is 2.24. The standard InChI is InChI=1S/C19H22N6OS/c1-3-13-8-7-9-14(4-2)17(13)22-16(26)12-27-19-24-23-18(25(19)20)15-10-5-6-11-21-15/h5-11H,3-4,12,20H2,1-2H3,(H,22,26). The van der Waals surface area contributed by atoms with Crippen LogP contribution in [0.4, 0.5) is 5.69 Å². The molecular formula is C19H22N6OS. The summed E-state index contributed by atoms with van der Waals surface area (Å²) in [6.07, 6.45) is 3.39. The second-order valence-electron chi connectivity index (χ2n) is 5.89. The number of hydrogen-bond donors (Lipinski definition) is 2. The number of nitrogens with zero attached hydrogens (tertiary/aromatic N) is 4. The molecule has 0 aliphatic rings. The lowest BCUT2D eigenvalue weighted by Gasteiger charge is -2.14. The smallest absolute Gasteiger partial charge is 0.234 e. The van der Waals surface area contributed by atoms with Gasteiger partial charge in [0.05, 0.1) is 5.75 Å². The third kappa shape index (κ3) is 4.28. The van der Waals surface area contributed by atoms with Gasteiger partial charge in [0.25, 0.3) is 0 Å². The molecule has 27 heavy (non-hydrogen) atoms. The van der Waals surface area contributed by atoms with Crippen LogP contribution in [-0.2, 0) is 17.6 Å². The number of benzene rings is 1. The first kappa shape index (κ1) is 18.9. The van der Waals surface area contributed by atoms with Gasteiger partial charge in [-0.05, 0) is 36.1 Å². The molecule has 0 unspecified atom stereocenters. The van der Waals surface area contributed by atoms with Crippen molar-refractivity contribution in [2.45, 2.75) is 31.8 Å². The van der Waals surface area contributed by atoms with Crippen molar-refractivity contribution in [3.63, 3.8) is 0 Å². The highest BCUT2D eigenvalue weighted by molar-refractivity contribution is 7.99. The van der Waals surface area contributed by atoms with E-state index in [1.807, 2.05) is 36.4 Å². The van der Waals surface area contributed by atoms with Gasteiger partial charge in [-0.1, -0.05) is 49.9 Å². The van der Waals surface area contributed by atoms with Gasteiger partial charge in [0.15, 0.2) is 0 Å². The van der Waals surface area contributed by atoms with Gasteiger partial charge in [-0.15, -0.1) is 10.2 Å².